The van der Waals surface area contributed by atoms with Crippen LogP contribution >= 0.6 is 0 Å². The van der Waals surface area contributed by atoms with Crippen molar-refractivity contribution in [1.82, 2.24) is 20.1 Å². The van der Waals surface area contributed by atoms with Crippen LogP contribution in [0.5, 0.6) is 0 Å². The van der Waals surface area contributed by atoms with Crippen LogP contribution in [0.2, 0.25) is 0 Å². The molecule has 0 aliphatic heterocycles. The van der Waals surface area contributed by atoms with Gasteiger partial charge in [0.25, 0.3) is 0 Å². The monoisotopic (exact) mass is 258 g/mol. The molecule has 0 aliphatic rings. The number of hydrogen-bond donors (Lipinski definition) is 1. The van der Waals surface area contributed by atoms with Crippen LogP contribution in [0.3, 0.4) is 0 Å². The summed E-state index contributed by atoms with van der Waals surface area (Å²) in [5, 5.41) is 7.05. The molecule has 0 spiro atoms. The van der Waals surface area contributed by atoms with E-state index in [0.717, 1.165) is 18.5 Å². The zero-order valence-electron chi connectivity index (χ0n) is 11.0. The fourth-order valence-electron chi connectivity index (χ4n) is 1.94. The first-order valence-electron chi connectivity index (χ1n) is 6.48. The van der Waals surface area contributed by atoms with E-state index in [0.29, 0.717) is 6.54 Å². The summed E-state index contributed by atoms with van der Waals surface area (Å²) in [5.74, 6) is 0.00197. The summed E-state index contributed by atoms with van der Waals surface area (Å²) in [7, 11) is 0. The van der Waals surface area contributed by atoms with Gasteiger partial charge in [0.2, 0.25) is 5.91 Å². The molecule has 0 saturated heterocycles. The van der Waals surface area contributed by atoms with Crippen LogP contribution < -0.4 is 5.32 Å². The van der Waals surface area contributed by atoms with Gasteiger partial charge in [-0.1, -0.05) is 13.0 Å². The van der Waals surface area contributed by atoms with Crippen molar-refractivity contribution in [2.24, 2.45) is 0 Å². The fourth-order valence-corrected chi connectivity index (χ4v) is 1.94. The number of nitrogens with one attached hydrogen (secondary N) is 1. The largest absolute Gasteiger partial charge is 0.354 e. The molecule has 1 N–H and O–H groups in total. The first-order valence-corrected chi connectivity index (χ1v) is 6.48. The highest BCUT2D eigenvalue weighted by Gasteiger charge is 2.17. The molecule has 0 fully saturated rings. The molecule has 0 aromatic carbocycles. The quantitative estimate of drug-likeness (QED) is 0.856. The minimum atomic E-state index is -0.237. The second-order valence-electron chi connectivity index (χ2n) is 4.27. The van der Waals surface area contributed by atoms with E-state index in [1.165, 1.54) is 0 Å². The molecule has 2 aromatic heterocycles. The molecule has 5 nitrogen and oxygen atoms in total. The Kier molecular flexibility index (Phi) is 4.66. The average Bonchev–Trinajstić information content (AvgIpc) is 2.95. The molecule has 0 radical (unpaired) electrons. The van der Waals surface area contributed by atoms with Crippen LogP contribution in [0, 0.1) is 0 Å². The normalized spacial score (nSPS) is 12.1. The Morgan fingerprint density at radius 2 is 2.26 bits per heavy atom. The second kappa shape index (κ2) is 6.68. The smallest absolute Gasteiger partial charge is 0.244 e. The van der Waals surface area contributed by atoms with E-state index in [2.05, 4.69) is 15.4 Å². The highest BCUT2D eigenvalue weighted by molar-refractivity contribution is 5.80. The van der Waals surface area contributed by atoms with Gasteiger partial charge in [-0.3, -0.25) is 14.5 Å². The van der Waals surface area contributed by atoms with Crippen molar-refractivity contribution in [2.45, 2.75) is 25.8 Å². The Bertz CT molecular complexity index is 495. The van der Waals surface area contributed by atoms with E-state index in [1.807, 2.05) is 37.4 Å². The van der Waals surface area contributed by atoms with Gasteiger partial charge in [0, 0.05) is 37.3 Å². The maximum atomic E-state index is 12.1. The number of carbonyl (C=O) groups excluding carboxylic acids is 1. The molecule has 100 valence electrons. The molecule has 0 saturated carbocycles. The van der Waals surface area contributed by atoms with Crippen LogP contribution in [0.4, 0.5) is 0 Å². The average molecular weight is 258 g/mol. The van der Waals surface area contributed by atoms with Gasteiger partial charge in [-0.25, -0.2) is 0 Å². The molecular weight excluding hydrogens is 240 g/mol. The maximum Gasteiger partial charge on any atom is 0.244 e. The minimum absolute atomic E-state index is 0.00197. The summed E-state index contributed by atoms with van der Waals surface area (Å²) in [5.41, 5.74) is 0.981. The van der Waals surface area contributed by atoms with E-state index in [-0.39, 0.29) is 11.9 Å². The number of rotatable bonds is 6. The van der Waals surface area contributed by atoms with Gasteiger partial charge < -0.3 is 5.32 Å². The number of nitrogens with zero attached hydrogens (tertiary/aromatic N) is 3. The van der Waals surface area contributed by atoms with Crippen LogP contribution in [-0.2, 0) is 11.2 Å². The molecular formula is C14H18N4O. The third kappa shape index (κ3) is 3.64. The predicted molar refractivity (Wildman–Crippen MR) is 72.5 cm³/mol. The molecule has 1 unspecified atom stereocenters. The van der Waals surface area contributed by atoms with E-state index in [4.69, 9.17) is 0 Å². The summed E-state index contributed by atoms with van der Waals surface area (Å²) in [4.78, 5) is 16.3. The second-order valence-corrected chi connectivity index (χ2v) is 4.27. The number of aromatic nitrogens is 3. The lowest BCUT2D eigenvalue weighted by molar-refractivity contribution is -0.124. The molecule has 2 rings (SSSR count). The molecule has 1 amide bonds. The lowest BCUT2D eigenvalue weighted by Crippen LogP contribution is -2.33. The zero-order valence-corrected chi connectivity index (χ0v) is 11.0. The van der Waals surface area contributed by atoms with Crippen molar-refractivity contribution in [3.63, 3.8) is 0 Å². The summed E-state index contributed by atoms with van der Waals surface area (Å²) in [6, 6.07) is 7.37. The summed E-state index contributed by atoms with van der Waals surface area (Å²) in [6.07, 6.45) is 6.71. The fraction of sp³-hybridized carbons (Fsp3) is 0.357. The Balaban J connectivity index is 1.84. The SMILES string of the molecule is CCC(C(=O)NCCc1ccccn1)n1cccn1. The van der Waals surface area contributed by atoms with Gasteiger partial charge in [0.1, 0.15) is 6.04 Å². The standard InChI is InChI=1S/C14H18N4O/c1-2-13(18-11-5-9-17-18)14(19)16-10-7-12-6-3-4-8-15-12/h3-6,8-9,11,13H,2,7,10H2,1H3,(H,16,19). The Morgan fingerprint density at radius 1 is 1.37 bits per heavy atom. The number of hydrogen-bond acceptors (Lipinski definition) is 3. The Labute approximate surface area is 112 Å². The van der Waals surface area contributed by atoms with Crippen molar-refractivity contribution in [1.29, 1.82) is 0 Å². The number of amides is 1. The first kappa shape index (κ1) is 13.3. The van der Waals surface area contributed by atoms with Crippen molar-refractivity contribution in [3.8, 4) is 0 Å². The molecule has 0 bridgehead atoms. The van der Waals surface area contributed by atoms with Gasteiger partial charge in [-0.05, 0) is 24.6 Å². The zero-order chi connectivity index (χ0) is 13.5. The Morgan fingerprint density at radius 3 is 2.89 bits per heavy atom. The first-order chi connectivity index (χ1) is 9.31. The van der Waals surface area contributed by atoms with E-state index in [9.17, 15) is 4.79 Å². The van der Waals surface area contributed by atoms with Crippen LogP contribution in [-0.4, -0.2) is 27.2 Å². The third-order valence-electron chi connectivity index (χ3n) is 2.94. The summed E-state index contributed by atoms with van der Waals surface area (Å²) < 4.78 is 1.69. The van der Waals surface area contributed by atoms with E-state index >= 15 is 0 Å². The van der Waals surface area contributed by atoms with Gasteiger partial charge >= 0.3 is 0 Å². The van der Waals surface area contributed by atoms with E-state index < -0.39 is 0 Å². The molecule has 2 heterocycles. The van der Waals surface area contributed by atoms with Crippen molar-refractivity contribution >= 4 is 5.91 Å². The van der Waals surface area contributed by atoms with Crippen LogP contribution in [0.1, 0.15) is 25.1 Å². The third-order valence-corrected chi connectivity index (χ3v) is 2.94. The molecule has 0 aliphatic carbocycles. The van der Waals surface area contributed by atoms with E-state index in [1.54, 1.807) is 17.1 Å². The van der Waals surface area contributed by atoms with Gasteiger partial charge in [-0.2, -0.15) is 5.10 Å². The molecule has 19 heavy (non-hydrogen) atoms. The van der Waals surface area contributed by atoms with Crippen LogP contribution in [0.15, 0.2) is 42.9 Å². The highest BCUT2D eigenvalue weighted by atomic mass is 16.2. The van der Waals surface area contributed by atoms with Crippen LogP contribution in [0.25, 0.3) is 0 Å². The lowest BCUT2D eigenvalue weighted by Gasteiger charge is -2.15. The van der Waals surface area contributed by atoms with Crippen molar-refractivity contribution < 1.29 is 4.79 Å². The van der Waals surface area contributed by atoms with Gasteiger partial charge in [0.15, 0.2) is 0 Å². The number of pyridine rings is 1. The topological polar surface area (TPSA) is 59.8 Å². The minimum Gasteiger partial charge on any atom is -0.354 e. The van der Waals surface area contributed by atoms with Crippen molar-refractivity contribution in [3.05, 3.63) is 48.5 Å². The van der Waals surface area contributed by atoms with Gasteiger partial charge in [-0.15, -0.1) is 0 Å². The maximum absolute atomic E-state index is 12.1. The summed E-state index contributed by atoms with van der Waals surface area (Å²) in [6.45, 7) is 2.57. The lowest BCUT2D eigenvalue weighted by atomic mass is 10.2. The highest BCUT2D eigenvalue weighted by Crippen LogP contribution is 2.09. The molecule has 5 heteroatoms. The number of carbonyl (C=O) groups is 1. The predicted octanol–water partition coefficient (Wildman–Crippen LogP) is 1.59. The van der Waals surface area contributed by atoms with Gasteiger partial charge in [0.05, 0.1) is 0 Å². The van der Waals surface area contributed by atoms with Crippen molar-refractivity contribution in [2.75, 3.05) is 6.54 Å². The molecule has 2 aromatic rings. The molecule has 1 atom stereocenters. The Hall–Kier alpha value is -2.17. The summed E-state index contributed by atoms with van der Waals surface area (Å²) >= 11 is 0.